The molecule has 1 N–H and O–H groups in total. The summed E-state index contributed by atoms with van der Waals surface area (Å²) in [6.45, 7) is 0.101. The molecular weight excluding hydrogens is 329 g/mol. The highest BCUT2D eigenvalue weighted by atomic mass is 19.1. The second-order valence-corrected chi connectivity index (χ2v) is 5.87. The van der Waals surface area contributed by atoms with Crippen LogP contribution in [0, 0.1) is 5.82 Å². The lowest BCUT2D eigenvalue weighted by molar-refractivity contribution is 0.0939. The van der Waals surface area contributed by atoms with Crippen LogP contribution in [0.1, 0.15) is 16.2 Å². The zero-order chi connectivity index (χ0) is 17.9. The van der Waals surface area contributed by atoms with Crippen LogP contribution in [0.15, 0.2) is 78.9 Å². The molecule has 4 rings (SSSR count). The van der Waals surface area contributed by atoms with Crippen LogP contribution in [0.2, 0.25) is 0 Å². The fourth-order valence-corrected chi connectivity index (χ4v) is 2.91. The van der Waals surface area contributed by atoms with Crippen LogP contribution in [-0.4, -0.2) is 15.5 Å². The first kappa shape index (κ1) is 16.0. The number of halogens is 1. The number of hydrogen-bond donors (Lipinski definition) is 1. The van der Waals surface area contributed by atoms with Crippen LogP contribution in [0.25, 0.3) is 16.7 Å². The minimum atomic E-state index is -0.353. The summed E-state index contributed by atoms with van der Waals surface area (Å²) in [4.78, 5) is 17.3. The van der Waals surface area contributed by atoms with Gasteiger partial charge in [0, 0.05) is 17.8 Å². The Bertz CT molecular complexity index is 1070. The van der Waals surface area contributed by atoms with Gasteiger partial charge in [0.25, 0.3) is 5.91 Å². The molecule has 5 heteroatoms. The Morgan fingerprint density at radius 1 is 0.923 bits per heavy atom. The molecule has 1 amide bonds. The average Bonchev–Trinajstić information content (AvgIpc) is 3.07. The maximum atomic E-state index is 13.8. The van der Waals surface area contributed by atoms with Crippen molar-refractivity contribution in [2.75, 3.05) is 0 Å². The van der Waals surface area contributed by atoms with Gasteiger partial charge in [-0.15, -0.1) is 0 Å². The van der Waals surface area contributed by atoms with Crippen LogP contribution in [0.3, 0.4) is 0 Å². The lowest BCUT2D eigenvalue weighted by Gasteiger charge is -2.10. The molecule has 0 bridgehead atoms. The zero-order valence-corrected chi connectivity index (χ0v) is 13.9. The second kappa shape index (κ2) is 6.80. The fourth-order valence-electron chi connectivity index (χ4n) is 2.91. The van der Waals surface area contributed by atoms with Gasteiger partial charge in [-0.1, -0.05) is 48.5 Å². The highest BCUT2D eigenvalue weighted by Crippen LogP contribution is 2.21. The lowest BCUT2D eigenvalue weighted by Crippen LogP contribution is -2.26. The third-order valence-electron chi connectivity index (χ3n) is 4.18. The molecule has 1 heterocycles. The fraction of sp³-hybridized carbons (Fsp3) is 0.0476. The maximum absolute atomic E-state index is 13.8. The summed E-state index contributed by atoms with van der Waals surface area (Å²) in [5, 5.41) is 2.76. The molecule has 128 valence electrons. The van der Waals surface area contributed by atoms with Crippen molar-refractivity contribution in [3.05, 3.63) is 96.1 Å². The number of aromatic nitrogens is 2. The lowest BCUT2D eigenvalue weighted by atomic mass is 10.2. The van der Waals surface area contributed by atoms with E-state index in [0.29, 0.717) is 5.56 Å². The monoisotopic (exact) mass is 345 g/mol. The number of fused-ring (bicyclic) bond motifs is 1. The second-order valence-electron chi connectivity index (χ2n) is 5.87. The Balaban J connectivity index is 1.72. The molecule has 0 aliphatic rings. The number of carbonyl (C=O) groups excluding carboxylic acids is 1. The van der Waals surface area contributed by atoms with E-state index in [1.165, 1.54) is 6.07 Å². The molecule has 4 nitrogen and oxygen atoms in total. The highest BCUT2D eigenvalue weighted by Gasteiger charge is 2.18. The van der Waals surface area contributed by atoms with Crippen molar-refractivity contribution >= 4 is 16.9 Å². The number of hydrogen-bond acceptors (Lipinski definition) is 2. The van der Waals surface area contributed by atoms with E-state index in [4.69, 9.17) is 0 Å². The first-order valence-corrected chi connectivity index (χ1v) is 8.28. The highest BCUT2D eigenvalue weighted by molar-refractivity contribution is 5.96. The van der Waals surface area contributed by atoms with Crippen molar-refractivity contribution in [2.24, 2.45) is 0 Å². The first-order valence-electron chi connectivity index (χ1n) is 8.28. The van der Waals surface area contributed by atoms with E-state index in [1.54, 1.807) is 18.2 Å². The van der Waals surface area contributed by atoms with Gasteiger partial charge in [-0.05, 0) is 30.3 Å². The van der Waals surface area contributed by atoms with Crippen molar-refractivity contribution in [1.29, 1.82) is 0 Å². The molecule has 0 aliphatic heterocycles. The Labute approximate surface area is 149 Å². The quantitative estimate of drug-likeness (QED) is 0.605. The standard InChI is InChI=1S/C21H16FN3O/c22-17-11-5-4-8-15(17)14-23-21(26)20-24-18-12-6-7-13-19(18)25(20)16-9-2-1-3-10-16/h1-13H,14H2,(H,23,26). The van der Waals surface area contributed by atoms with Crippen LogP contribution < -0.4 is 5.32 Å². The summed E-state index contributed by atoms with van der Waals surface area (Å²) in [5.41, 5.74) is 2.85. The van der Waals surface area contributed by atoms with E-state index in [2.05, 4.69) is 10.3 Å². The summed E-state index contributed by atoms with van der Waals surface area (Å²) < 4.78 is 15.6. The van der Waals surface area contributed by atoms with Crippen molar-refractivity contribution < 1.29 is 9.18 Å². The Morgan fingerprint density at radius 2 is 1.62 bits per heavy atom. The largest absolute Gasteiger partial charge is 0.345 e. The molecule has 0 saturated heterocycles. The predicted octanol–water partition coefficient (Wildman–Crippen LogP) is 4.09. The van der Waals surface area contributed by atoms with Crippen LogP contribution in [0.5, 0.6) is 0 Å². The number of amides is 1. The molecule has 0 radical (unpaired) electrons. The van der Waals surface area contributed by atoms with Gasteiger partial charge in [0.1, 0.15) is 5.82 Å². The average molecular weight is 345 g/mol. The Morgan fingerprint density at radius 3 is 2.42 bits per heavy atom. The molecule has 0 unspecified atom stereocenters. The van der Waals surface area contributed by atoms with E-state index in [9.17, 15) is 9.18 Å². The molecule has 26 heavy (non-hydrogen) atoms. The van der Waals surface area contributed by atoms with Gasteiger partial charge in [0.15, 0.2) is 0 Å². The zero-order valence-electron chi connectivity index (χ0n) is 13.9. The van der Waals surface area contributed by atoms with Crippen LogP contribution in [-0.2, 0) is 6.54 Å². The summed E-state index contributed by atoms with van der Waals surface area (Å²) in [7, 11) is 0. The third-order valence-corrected chi connectivity index (χ3v) is 4.18. The molecule has 1 aromatic heterocycles. The number of para-hydroxylation sites is 3. The van der Waals surface area contributed by atoms with Crippen LogP contribution in [0.4, 0.5) is 4.39 Å². The number of benzene rings is 3. The van der Waals surface area contributed by atoms with E-state index < -0.39 is 0 Å². The summed E-state index contributed by atoms with van der Waals surface area (Å²) in [6, 6.07) is 23.5. The van der Waals surface area contributed by atoms with Gasteiger partial charge in [-0.2, -0.15) is 0 Å². The van der Waals surface area contributed by atoms with E-state index in [0.717, 1.165) is 16.7 Å². The normalized spacial score (nSPS) is 10.8. The molecule has 0 atom stereocenters. The number of nitrogens with one attached hydrogen (secondary N) is 1. The predicted molar refractivity (Wildman–Crippen MR) is 98.6 cm³/mol. The smallest absolute Gasteiger partial charge is 0.287 e. The molecule has 0 aliphatic carbocycles. The van der Waals surface area contributed by atoms with Crippen LogP contribution >= 0.6 is 0 Å². The van der Waals surface area contributed by atoms with E-state index in [-0.39, 0.29) is 24.1 Å². The van der Waals surface area contributed by atoms with Crippen molar-refractivity contribution in [1.82, 2.24) is 14.9 Å². The van der Waals surface area contributed by atoms with Gasteiger partial charge in [-0.3, -0.25) is 9.36 Å². The molecule has 4 aromatic rings. The van der Waals surface area contributed by atoms with Crippen molar-refractivity contribution in [2.45, 2.75) is 6.54 Å². The van der Waals surface area contributed by atoms with Gasteiger partial charge < -0.3 is 5.32 Å². The molecule has 0 spiro atoms. The SMILES string of the molecule is O=C(NCc1ccccc1F)c1nc2ccccc2n1-c1ccccc1. The summed E-state index contributed by atoms with van der Waals surface area (Å²) in [5.74, 6) is -0.425. The van der Waals surface area contributed by atoms with Gasteiger partial charge in [0.05, 0.1) is 11.0 Å². The summed E-state index contributed by atoms with van der Waals surface area (Å²) >= 11 is 0. The Kier molecular flexibility index (Phi) is 4.19. The molecule has 0 fully saturated rings. The van der Waals surface area contributed by atoms with E-state index in [1.807, 2.05) is 59.2 Å². The van der Waals surface area contributed by atoms with Crippen molar-refractivity contribution in [3.63, 3.8) is 0 Å². The van der Waals surface area contributed by atoms with E-state index >= 15 is 0 Å². The minimum Gasteiger partial charge on any atom is -0.345 e. The minimum absolute atomic E-state index is 0.101. The molecule has 3 aromatic carbocycles. The van der Waals surface area contributed by atoms with Gasteiger partial charge in [0.2, 0.25) is 5.82 Å². The Hall–Kier alpha value is -3.47. The van der Waals surface area contributed by atoms with Gasteiger partial charge in [-0.25, -0.2) is 9.37 Å². The number of nitrogens with zero attached hydrogens (tertiary/aromatic N) is 2. The maximum Gasteiger partial charge on any atom is 0.287 e. The topological polar surface area (TPSA) is 46.9 Å². The first-order chi connectivity index (χ1) is 12.7. The number of rotatable bonds is 4. The van der Waals surface area contributed by atoms with Crippen molar-refractivity contribution in [3.8, 4) is 5.69 Å². The number of imidazole rings is 1. The molecular formula is C21H16FN3O. The molecule has 0 saturated carbocycles. The number of carbonyl (C=O) groups is 1. The third kappa shape index (κ3) is 2.95. The summed E-state index contributed by atoms with van der Waals surface area (Å²) in [6.07, 6.45) is 0. The van der Waals surface area contributed by atoms with Gasteiger partial charge >= 0.3 is 0 Å².